The van der Waals surface area contributed by atoms with E-state index < -0.39 is 0 Å². The molecule has 0 aliphatic heterocycles. The molecule has 0 spiro atoms. The summed E-state index contributed by atoms with van der Waals surface area (Å²) in [6.07, 6.45) is 0.956. The number of benzene rings is 1. The lowest BCUT2D eigenvalue weighted by molar-refractivity contribution is 0.103. The standard InChI is InChI=1S/C12H14O/c1-4-10-6-5-7-11(8-10)12(13)9(2)3/h5-8H,2,4H2,1,3H3. The summed E-state index contributed by atoms with van der Waals surface area (Å²) in [6.45, 7) is 7.45. The van der Waals surface area contributed by atoms with Crippen LogP contribution in [0.15, 0.2) is 36.4 Å². The molecule has 0 unspecified atom stereocenters. The molecule has 0 heterocycles. The van der Waals surface area contributed by atoms with Crippen molar-refractivity contribution in [2.75, 3.05) is 0 Å². The van der Waals surface area contributed by atoms with Gasteiger partial charge in [0, 0.05) is 5.56 Å². The Morgan fingerprint density at radius 2 is 2.15 bits per heavy atom. The first kappa shape index (κ1) is 9.72. The van der Waals surface area contributed by atoms with Gasteiger partial charge in [0.25, 0.3) is 0 Å². The Kier molecular flexibility index (Phi) is 3.02. The summed E-state index contributed by atoms with van der Waals surface area (Å²) < 4.78 is 0. The van der Waals surface area contributed by atoms with E-state index in [1.165, 1.54) is 5.56 Å². The summed E-state index contributed by atoms with van der Waals surface area (Å²) in [5, 5.41) is 0. The van der Waals surface area contributed by atoms with Crippen molar-refractivity contribution in [3.8, 4) is 0 Å². The summed E-state index contributed by atoms with van der Waals surface area (Å²) in [4.78, 5) is 11.5. The minimum atomic E-state index is 0.0373. The van der Waals surface area contributed by atoms with Crippen LogP contribution in [0.2, 0.25) is 0 Å². The molecule has 0 aliphatic carbocycles. The first-order chi connectivity index (χ1) is 6.15. The molecular weight excluding hydrogens is 160 g/mol. The Bertz CT molecular complexity index is 337. The van der Waals surface area contributed by atoms with Gasteiger partial charge in [0.1, 0.15) is 0 Å². The third kappa shape index (κ3) is 2.28. The molecule has 0 aliphatic rings. The Balaban J connectivity index is 3.02. The van der Waals surface area contributed by atoms with Gasteiger partial charge in [0.15, 0.2) is 5.78 Å². The van der Waals surface area contributed by atoms with Crippen LogP contribution in [0.5, 0.6) is 0 Å². The fourth-order valence-electron chi connectivity index (χ4n) is 1.18. The van der Waals surface area contributed by atoms with E-state index in [1.807, 2.05) is 24.3 Å². The zero-order valence-electron chi connectivity index (χ0n) is 8.13. The van der Waals surface area contributed by atoms with Crippen LogP contribution >= 0.6 is 0 Å². The number of carbonyl (C=O) groups excluding carboxylic acids is 1. The molecule has 1 nitrogen and oxygen atoms in total. The van der Waals surface area contributed by atoms with E-state index in [1.54, 1.807) is 6.92 Å². The van der Waals surface area contributed by atoms with Crippen LogP contribution in [-0.4, -0.2) is 5.78 Å². The Hall–Kier alpha value is -1.37. The highest BCUT2D eigenvalue weighted by Gasteiger charge is 2.05. The van der Waals surface area contributed by atoms with Gasteiger partial charge in [-0.25, -0.2) is 0 Å². The topological polar surface area (TPSA) is 17.1 Å². The zero-order valence-corrected chi connectivity index (χ0v) is 8.13. The molecule has 0 saturated heterocycles. The Morgan fingerprint density at radius 1 is 1.46 bits per heavy atom. The summed E-state index contributed by atoms with van der Waals surface area (Å²) in [5.74, 6) is 0.0373. The van der Waals surface area contributed by atoms with Gasteiger partial charge in [-0.05, 0) is 30.5 Å². The normalized spacial score (nSPS) is 9.69. The van der Waals surface area contributed by atoms with E-state index in [9.17, 15) is 4.79 Å². The Labute approximate surface area is 79.1 Å². The first-order valence-electron chi connectivity index (χ1n) is 4.44. The van der Waals surface area contributed by atoms with E-state index in [4.69, 9.17) is 0 Å². The minimum Gasteiger partial charge on any atom is -0.289 e. The van der Waals surface area contributed by atoms with Crippen molar-refractivity contribution in [1.82, 2.24) is 0 Å². The first-order valence-corrected chi connectivity index (χ1v) is 4.44. The molecular formula is C12H14O. The number of rotatable bonds is 3. The molecule has 0 atom stereocenters. The number of ketones is 1. The van der Waals surface area contributed by atoms with Crippen molar-refractivity contribution in [3.63, 3.8) is 0 Å². The number of Topliss-reactive ketones (excluding diaryl/α,β-unsaturated/α-hetero) is 1. The zero-order chi connectivity index (χ0) is 9.84. The number of aryl methyl sites for hydroxylation is 1. The number of allylic oxidation sites excluding steroid dienone is 1. The number of hydrogen-bond donors (Lipinski definition) is 0. The molecule has 0 bridgehead atoms. The maximum absolute atomic E-state index is 11.5. The third-order valence-corrected chi connectivity index (χ3v) is 1.99. The molecule has 0 amide bonds. The number of hydrogen-bond acceptors (Lipinski definition) is 1. The van der Waals surface area contributed by atoms with Crippen molar-refractivity contribution in [2.24, 2.45) is 0 Å². The van der Waals surface area contributed by atoms with Crippen LogP contribution in [0.3, 0.4) is 0 Å². The van der Waals surface area contributed by atoms with Gasteiger partial charge in [-0.15, -0.1) is 0 Å². The average Bonchev–Trinajstić information content (AvgIpc) is 2.16. The lowest BCUT2D eigenvalue weighted by atomic mass is 10.0. The second-order valence-corrected chi connectivity index (χ2v) is 3.16. The lowest BCUT2D eigenvalue weighted by Crippen LogP contribution is -1.99. The van der Waals surface area contributed by atoms with Gasteiger partial charge in [-0.3, -0.25) is 4.79 Å². The van der Waals surface area contributed by atoms with Crippen LogP contribution in [0.4, 0.5) is 0 Å². The van der Waals surface area contributed by atoms with Gasteiger partial charge < -0.3 is 0 Å². The van der Waals surface area contributed by atoms with Crippen molar-refractivity contribution in [2.45, 2.75) is 20.3 Å². The van der Waals surface area contributed by atoms with Crippen molar-refractivity contribution in [1.29, 1.82) is 0 Å². The molecule has 1 rings (SSSR count). The van der Waals surface area contributed by atoms with E-state index in [2.05, 4.69) is 13.5 Å². The predicted octanol–water partition coefficient (Wildman–Crippen LogP) is 3.01. The third-order valence-electron chi connectivity index (χ3n) is 1.99. The molecule has 1 aromatic carbocycles. The average molecular weight is 174 g/mol. The molecule has 0 N–H and O–H groups in total. The monoisotopic (exact) mass is 174 g/mol. The fraction of sp³-hybridized carbons (Fsp3) is 0.250. The summed E-state index contributed by atoms with van der Waals surface area (Å²) in [6, 6.07) is 7.69. The highest BCUT2D eigenvalue weighted by molar-refractivity contribution is 6.07. The molecule has 1 aromatic rings. The van der Waals surface area contributed by atoms with Crippen LogP contribution in [0, 0.1) is 0 Å². The molecule has 13 heavy (non-hydrogen) atoms. The molecule has 68 valence electrons. The second kappa shape index (κ2) is 4.04. The fourth-order valence-corrected chi connectivity index (χ4v) is 1.18. The molecule has 0 radical (unpaired) electrons. The molecule has 1 heteroatoms. The van der Waals surface area contributed by atoms with Gasteiger partial charge in [-0.1, -0.05) is 31.7 Å². The Morgan fingerprint density at radius 3 is 2.69 bits per heavy atom. The molecule has 0 aromatic heterocycles. The molecule has 0 saturated carbocycles. The highest BCUT2D eigenvalue weighted by Crippen LogP contribution is 2.09. The van der Waals surface area contributed by atoms with Crippen LogP contribution in [0.25, 0.3) is 0 Å². The minimum absolute atomic E-state index is 0.0373. The molecule has 0 fully saturated rings. The summed E-state index contributed by atoms with van der Waals surface area (Å²) in [5.41, 5.74) is 2.52. The van der Waals surface area contributed by atoms with Gasteiger partial charge >= 0.3 is 0 Å². The quantitative estimate of drug-likeness (QED) is 0.508. The van der Waals surface area contributed by atoms with E-state index >= 15 is 0 Å². The SMILES string of the molecule is C=C(C)C(=O)c1cccc(CC)c1. The van der Waals surface area contributed by atoms with E-state index in [0.717, 1.165) is 12.0 Å². The van der Waals surface area contributed by atoms with E-state index in [0.29, 0.717) is 5.57 Å². The van der Waals surface area contributed by atoms with Crippen molar-refractivity contribution in [3.05, 3.63) is 47.5 Å². The van der Waals surface area contributed by atoms with E-state index in [-0.39, 0.29) is 5.78 Å². The number of carbonyl (C=O) groups is 1. The maximum Gasteiger partial charge on any atom is 0.188 e. The van der Waals surface area contributed by atoms with Crippen LogP contribution in [0.1, 0.15) is 29.8 Å². The summed E-state index contributed by atoms with van der Waals surface area (Å²) in [7, 11) is 0. The van der Waals surface area contributed by atoms with Gasteiger partial charge in [0.2, 0.25) is 0 Å². The van der Waals surface area contributed by atoms with Crippen molar-refractivity contribution >= 4 is 5.78 Å². The van der Waals surface area contributed by atoms with Gasteiger partial charge in [-0.2, -0.15) is 0 Å². The van der Waals surface area contributed by atoms with Gasteiger partial charge in [0.05, 0.1) is 0 Å². The maximum atomic E-state index is 11.5. The smallest absolute Gasteiger partial charge is 0.188 e. The van der Waals surface area contributed by atoms with Crippen molar-refractivity contribution < 1.29 is 4.79 Å². The largest absolute Gasteiger partial charge is 0.289 e. The lowest BCUT2D eigenvalue weighted by Gasteiger charge is -2.01. The second-order valence-electron chi connectivity index (χ2n) is 3.16. The highest BCUT2D eigenvalue weighted by atomic mass is 16.1. The predicted molar refractivity (Wildman–Crippen MR) is 55.0 cm³/mol. The van der Waals surface area contributed by atoms with Crippen LogP contribution in [-0.2, 0) is 6.42 Å². The van der Waals surface area contributed by atoms with Crippen LogP contribution < -0.4 is 0 Å². The summed E-state index contributed by atoms with van der Waals surface area (Å²) >= 11 is 0.